The Kier molecular flexibility index (Phi) is 5.28. The quantitative estimate of drug-likeness (QED) is 0.696. The number of benzene rings is 1. The molecule has 1 atom stereocenters. The zero-order valence-corrected chi connectivity index (χ0v) is 15.6. The van der Waals surface area contributed by atoms with Crippen molar-refractivity contribution in [3.63, 3.8) is 0 Å². The maximum absolute atomic E-state index is 12.3. The topological polar surface area (TPSA) is 68.0 Å². The van der Waals surface area contributed by atoms with E-state index in [4.69, 9.17) is 4.52 Å². The number of rotatable bonds is 5. The lowest BCUT2D eigenvalue weighted by Crippen LogP contribution is -2.28. The lowest BCUT2D eigenvalue weighted by atomic mass is 10.0. The van der Waals surface area contributed by atoms with E-state index < -0.39 is 0 Å². The molecule has 1 amide bonds. The van der Waals surface area contributed by atoms with Crippen molar-refractivity contribution in [2.45, 2.75) is 26.3 Å². The second-order valence-corrected chi connectivity index (χ2v) is 6.78. The SMILES string of the molecule is Cc1oncc1-c1ccc(CC(=O)N[C@H](C)c2ccc(Br)cn2)cc1. The van der Waals surface area contributed by atoms with Crippen LogP contribution < -0.4 is 5.32 Å². The summed E-state index contributed by atoms with van der Waals surface area (Å²) in [7, 11) is 0. The van der Waals surface area contributed by atoms with Crippen molar-refractivity contribution in [1.82, 2.24) is 15.5 Å². The van der Waals surface area contributed by atoms with Crippen LogP contribution >= 0.6 is 15.9 Å². The highest BCUT2D eigenvalue weighted by atomic mass is 79.9. The molecule has 0 spiro atoms. The first-order valence-electron chi connectivity index (χ1n) is 7.94. The molecule has 0 radical (unpaired) electrons. The van der Waals surface area contributed by atoms with Crippen molar-refractivity contribution in [2.75, 3.05) is 0 Å². The summed E-state index contributed by atoms with van der Waals surface area (Å²) in [5.74, 6) is 0.743. The van der Waals surface area contributed by atoms with E-state index in [0.717, 1.165) is 32.6 Å². The number of pyridine rings is 1. The van der Waals surface area contributed by atoms with Gasteiger partial charge in [-0.1, -0.05) is 29.4 Å². The van der Waals surface area contributed by atoms with Crippen LogP contribution in [0, 0.1) is 6.92 Å². The minimum Gasteiger partial charge on any atom is -0.361 e. The lowest BCUT2D eigenvalue weighted by molar-refractivity contribution is -0.121. The highest BCUT2D eigenvalue weighted by Gasteiger charge is 2.12. The normalized spacial score (nSPS) is 12.0. The number of nitrogens with one attached hydrogen (secondary N) is 1. The molecule has 3 rings (SSSR count). The van der Waals surface area contributed by atoms with E-state index in [1.165, 1.54) is 0 Å². The summed E-state index contributed by atoms with van der Waals surface area (Å²) in [6, 6.07) is 11.5. The van der Waals surface area contributed by atoms with Gasteiger partial charge < -0.3 is 9.84 Å². The number of nitrogens with zero attached hydrogens (tertiary/aromatic N) is 2. The van der Waals surface area contributed by atoms with E-state index >= 15 is 0 Å². The van der Waals surface area contributed by atoms with E-state index in [0.29, 0.717) is 6.42 Å². The van der Waals surface area contributed by atoms with Gasteiger partial charge in [0.15, 0.2) is 0 Å². The van der Waals surface area contributed by atoms with E-state index in [1.807, 2.05) is 50.2 Å². The van der Waals surface area contributed by atoms with Gasteiger partial charge in [0.1, 0.15) is 5.76 Å². The molecular formula is C19H18BrN3O2. The molecular weight excluding hydrogens is 382 g/mol. The van der Waals surface area contributed by atoms with Crippen LogP contribution in [-0.4, -0.2) is 16.0 Å². The third-order valence-electron chi connectivity index (χ3n) is 3.95. The Hall–Kier alpha value is -2.47. The van der Waals surface area contributed by atoms with Crippen LogP contribution in [0.1, 0.15) is 30.0 Å². The Morgan fingerprint density at radius 1 is 1.20 bits per heavy atom. The standard InChI is InChI=1S/C19H18BrN3O2/c1-12(18-8-7-16(20)10-21-18)23-19(24)9-14-3-5-15(6-4-14)17-11-22-25-13(17)2/h3-8,10-12H,9H2,1-2H3,(H,23,24)/t12-/m1/s1. The molecule has 1 N–H and O–H groups in total. The molecule has 0 fully saturated rings. The average molecular weight is 400 g/mol. The Morgan fingerprint density at radius 2 is 1.96 bits per heavy atom. The van der Waals surface area contributed by atoms with Crippen LogP contribution in [0.3, 0.4) is 0 Å². The second-order valence-electron chi connectivity index (χ2n) is 5.86. The summed E-state index contributed by atoms with van der Waals surface area (Å²) in [5.41, 5.74) is 3.77. The summed E-state index contributed by atoms with van der Waals surface area (Å²) in [4.78, 5) is 16.6. The fourth-order valence-corrected chi connectivity index (χ4v) is 2.81. The average Bonchev–Trinajstić information content (AvgIpc) is 3.02. The van der Waals surface area contributed by atoms with Gasteiger partial charge in [0, 0.05) is 16.2 Å². The number of carbonyl (C=O) groups excluding carboxylic acids is 1. The molecule has 0 bridgehead atoms. The molecule has 0 aliphatic carbocycles. The first-order valence-corrected chi connectivity index (χ1v) is 8.73. The smallest absolute Gasteiger partial charge is 0.224 e. The van der Waals surface area contributed by atoms with Crippen molar-refractivity contribution in [3.05, 3.63) is 70.3 Å². The predicted octanol–water partition coefficient (Wildman–Crippen LogP) is 4.23. The number of hydrogen-bond donors (Lipinski definition) is 1. The van der Waals surface area contributed by atoms with Crippen molar-refractivity contribution in [2.24, 2.45) is 0 Å². The van der Waals surface area contributed by atoms with Gasteiger partial charge in [-0.15, -0.1) is 0 Å². The fraction of sp³-hybridized carbons (Fsp3) is 0.211. The first-order chi connectivity index (χ1) is 12.0. The van der Waals surface area contributed by atoms with Gasteiger partial charge in [-0.3, -0.25) is 9.78 Å². The minimum atomic E-state index is -0.139. The highest BCUT2D eigenvalue weighted by molar-refractivity contribution is 9.10. The molecule has 1 aromatic carbocycles. The molecule has 2 aromatic heterocycles. The summed E-state index contributed by atoms with van der Waals surface area (Å²) >= 11 is 3.35. The third-order valence-corrected chi connectivity index (χ3v) is 4.42. The number of halogens is 1. The number of aromatic nitrogens is 2. The second kappa shape index (κ2) is 7.61. The van der Waals surface area contributed by atoms with Crippen LogP contribution in [0.15, 0.2) is 57.8 Å². The van der Waals surface area contributed by atoms with Crippen LogP contribution in [0.25, 0.3) is 11.1 Å². The molecule has 0 saturated carbocycles. The van der Waals surface area contributed by atoms with Crippen molar-refractivity contribution >= 4 is 21.8 Å². The zero-order chi connectivity index (χ0) is 17.8. The Balaban J connectivity index is 1.61. The maximum atomic E-state index is 12.3. The Labute approximate surface area is 154 Å². The van der Waals surface area contributed by atoms with Crippen molar-refractivity contribution < 1.29 is 9.32 Å². The molecule has 2 heterocycles. The molecule has 0 saturated heterocycles. The van der Waals surface area contributed by atoms with Gasteiger partial charge in [0.2, 0.25) is 5.91 Å². The van der Waals surface area contributed by atoms with Gasteiger partial charge in [-0.05, 0) is 53.0 Å². The Bertz CT molecular complexity index is 857. The van der Waals surface area contributed by atoms with E-state index in [2.05, 4.69) is 31.4 Å². The molecule has 0 aliphatic heterocycles. The summed E-state index contributed by atoms with van der Waals surface area (Å²) in [6.07, 6.45) is 3.75. The zero-order valence-electron chi connectivity index (χ0n) is 14.0. The number of carbonyl (C=O) groups is 1. The van der Waals surface area contributed by atoms with Crippen molar-refractivity contribution in [1.29, 1.82) is 0 Å². The van der Waals surface area contributed by atoms with Gasteiger partial charge >= 0.3 is 0 Å². The van der Waals surface area contributed by atoms with E-state index in [1.54, 1.807) is 12.4 Å². The van der Waals surface area contributed by atoms with Gasteiger partial charge in [-0.25, -0.2) is 0 Å². The summed E-state index contributed by atoms with van der Waals surface area (Å²) < 4.78 is 6.00. The highest BCUT2D eigenvalue weighted by Crippen LogP contribution is 2.23. The summed E-state index contributed by atoms with van der Waals surface area (Å²) in [5, 5.41) is 6.76. The molecule has 5 nitrogen and oxygen atoms in total. The number of aryl methyl sites for hydroxylation is 1. The summed E-state index contributed by atoms with van der Waals surface area (Å²) in [6.45, 7) is 3.80. The van der Waals surface area contributed by atoms with Crippen LogP contribution in [0.5, 0.6) is 0 Å². The molecule has 0 aliphatic rings. The van der Waals surface area contributed by atoms with Crippen LogP contribution in [0.2, 0.25) is 0 Å². The molecule has 6 heteroatoms. The van der Waals surface area contributed by atoms with Gasteiger partial charge in [0.25, 0.3) is 0 Å². The van der Waals surface area contributed by atoms with Gasteiger partial charge in [0.05, 0.1) is 24.4 Å². The monoisotopic (exact) mass is 399 g/mol. The molecule has 128 valence electrons. The van der Waals surface area contributed by atoms with Crippen LogP contribution in [0.4, 0.5) is 0 Å². The number of amides is 1. The predicted molar refractivity (Wildman–Crippen MR) is 98.9 cm³/mol. The van der Waals surface area contributed by atoms with E-state index in [-0.39, 0.29) is 11.9 Å². The van der Waals surface area contributed by atoms with Crippen molar-refractivity contribution in [3.8, 4) is 11.1 Å². The maximum Gasteiger partial charge on any atom is 0.224 e. The Morgan fingerprint density at radius 3 is 2.56 bits per heavy atom. The lowest BCUT2D eigenvalue weighted by Gasteiger charge is -2.13. The molecule has 3 aromatic rings. The largest absolute Gasteiger partial charge is 0.361 e. The molecule has 25 heavy (non-hydrogen) atoms. The molecule has 0 unspecified atom stereocenters. The minimum absolute atomic E-state index is 0.0360. The first kappa shape index (κ1) is 17.4. The van der Waals surface area contributed by atoms with Crippen LogP contribution in [-0.2, 0) is 11.2 Å². The van der Waals surface area contributed by atoms with E-state index in [9.17, 15) is 4.79 Å². The number of hydrogen-bond acceptors (Lipinski definition) is 4. The fourth-order valence-electron chi connectivity index (χ4n) is 2.57. The van der Waals surface area contributed by atoms with Gasteiger partial charge in [-0.2, -0.15) is 0 Å². The third kappa shape index (κ3) is 4.33.